The van der Waals surface area contributed by atoms with E-state index in [1.54, 1.807) is 0 Å². The van der Waals surface area contributed by atoms with Crippen LogP contribution in [0.2, 0.25) is 0 Å². The summed E-state index contributed by atoms with van der Waals surface area (Å²) in [4.78, 5) is 2.44. The minimum Gasteiger partial charge on any atom is -0.494 e. The van der Waals surface area contributed by atoms with E-state index in [1.807, 2.05) is 11.8 Å². The lowest BCUT2D eigenvalue weighted by Gasteiger charge is -2.28. The van der Waals surface area contributed by atoms with Crippen molar-refractivity contribution < 1.29 is 4.74 Å². The van der Waals surface area contributed by atoms with Crippen molar-refractivity contribution in [2.24, 2.45) is 0 Å². The molecule has 0 amide bonds. The fourth-order valence-electron chi connectivity index (χ4n) is 1.79. The molecule has 2 rings (SSSR count). The van der Waals surface area contributed by atoms with Crippen LogP contribution in [0.4, 0.5) is 5.69 Å². The van der Waals surface area contributed by atoms with Gasteiger partial charge in [0.15, 0.2) is 0 Å². The number of thioether (sulfide) groups is 1. The van der Waals surface area contributed by atoms with E-state index in [0.29, 0.717) is 0 Å². The van der Waals surface area contributed by atoms with Gasteiger partial charge in [-0.05, 0) is 30.7 Å². The molecule has 1 fully saturated rings. The lowest BCUT2D eigenvalue weighted by Crippen LogP contribution is -2.32. The molecule has 0 radical (unpaired) electrons. The third kappa shape index (κ3) is 3.08. The largest absolute Gasteiger partial charge is 0.494 e. The maximum atomic E-state index is 5.57. The SMILES string of the molecule is CCCOc1ccc(N2CCSCC2)cc1. The number of anilines is 1. The molecular formula is C13H19NOS. The van der Waals surface area contributed by atoms with Gasteiger partial charge in [0.1, 0.15) is 5.75 Å². The van der Waals surface area contributed by atoms with Crippen LogP contribution in [-0.2, 0) is 0 Å². The zero-order valence-electron chi connectivity index (χ0n) is 9.82. The van der Waals surface area contributed by atoms with E-state index < -0.39 is 0 Å². The Balaban J connectivity index is 1.95. The maximum absolute atomic E-state index is 5.57. The van der Waals surface area contributed by atoms with Crippen molar-refractivity contribution in [3.8, 4) is 5.75 Å². The molecule has 0 saturated carbocycles. The van der Waals surface area contributed by atoms with Gasteiger partial charge in [0.2, 0.25) is 0 Å². The summed E-state index contributed by atoms with van der Waals surface area (Å²) < 4.78 is 5.57. The molecule has 1 aromatic carbocycles. The standard InChI is InChI=1S/C13H19NOS/c1-2-9-15-13-5-3-12(4-6-13)14-7-10-16-11-8-14/h3-6H,2,7-11H2,1H3. The summed E-state index contributed by atoms with van der Waals surface area (Å²) in [6.07, 6.45) is 1.06. The van der Waals surface area contributed by atoms with Crippen LogP contribution in [-0.4, -0.2) is 31.2 Å². The molecule has 1 aromatic rings. The molecule has 0 N–H and O–H groups in total. The highest BCUT2D eigenvalue weighted by Gasteiger charge is 2.10. The van der Waals surface area contributed by atoms with Gasteiger partial charge in [0.05, 0.1) is 6.61 Å². The second kappa shape index (κ2) is 6.04. The Kier molecular flexibility index (Phi) is 4.40. The molecule has 0 aliphatic carbocycles. The zero-order chi connectivity index (χ0) is 11.2. The molecule has 1 saturated heterocycles. The van der Waals surface area contributed by atoms with E-state index in [2.05, 4.69) is 36.1 Å². The van der Waals surface area contributed by atoms with Gasteiger partial charge < -0.3 is 9.64 Å². The van der Waals surface area contributed by atoms with Crippen LogP contribution >= 0.6 is 11.8 Å². The van der Waals surface area contributed by atoms with Gasteiger partial charge in [-0.15, -0.1) is 0 Å². The van der Waals surface area contributed by atoms with E-state index in [0.717, 1.165) is 18.8 Å². The topological polar surface area (TPSA) is 12.5 Å². The van der Waals surface area contributed by atoms with Gasteiger partial charge in [0.25, 0.3) is 0 Å². The van der Waals surface area contributed by atoms with Crippen LogP contribution in [0.1, 0.15) is 13.3 Å². The van der Waals surface area contributed by atoms with Gasteiger partial charge in [-0.2, -0.15) is 11.8 Å². The summed E-state index contributed by atoms with van der Waals surface area (Å²) in [6, 6.07) is 8.49. The Bertz CT molecular complexity index is 306. The molecule has 0 bridgehead atoms. The minimum atomic E-state index is 0.805. The zero-order valence-corrected chi connectivity index (χ0v) is 10.6. The van der Waals surface area contributed by atoms with Gasteiger partial charge >= 0.3 is 0 Å². The summed E-state index contributed by atoms with van der Waals surface area (Å²) in [5, 5.41) is 0. The summed E-state index contributed by atoms with van der Waals surface area (Å²) in [5.74, 6) is 3.47. The van der Waals surface area contributed by atoms with Gasteiger partial charge in [0, 0.05) is 30.3 Å². The van der Waals surface area contributed by atoms with Crippen LogP contribution < -0.4 is 9.64 Å². The molecular weight excluding hydrogens is 218 g/mol. The molecule has 1 heterocycles. The third-order valence-corrected chi connectivity index (χ3v) is 3.63. The molecule has 0 atom stereocenters. The van der Waals surface area contributed by atoms with Crippen molar-refractivity contribution in [3.05, 3.63) is 24.3 Å². The van der Waals surface area contributed by atoms with Gasteiger partial charge in [-0.1, -0.05) is 6.92 Å². The molecule has 0 unspecified atom stereocenters. The summed E-state index contributed by atoms with van der Waals surface area (Å²) in [7, 11) is 0. The van der Waals surface area contributed by atoms with Crippen molar-refractivity contribution in [1.29, 1.82) is 0 Å². The Morgan fingerprint density at radius 1 is 1.19 bits per heavy atom. The van der Waals surface area contributed by atoms with Crippen LogP contribution in [0, 0.1) is 0 Å². The number of rotatable bonds is 4. The second-order valence-electron chi connectivity index (χ2n) is 3.94. The number of nitrogens with zero attached hydrogens (tertiary/aromatic N) is 1. The summed E-state index contributed by atoms with van der Waals surface area (Å²) in [5.41, 5.74) is 1.32. The second-order valence-corrected chi connectivity index (χ2v) is 5.17. The first-order valence-corrected chi connectivity index (χ1v) is 7.11. The average molecular weight is 237 g/mol. The lowest BCUT2D eigenvalue weighted by atomic mass is 10.2. The number of hydrogen-bond donors (Lipinski definition) is 0. The molecule has 2 nitrogen and oxygen atoms in total. The van der Waals surface area contributed by atoms with Crippen molar-refractivity contribution >= 4 is 17.4 Å². The average Bonchev–Trinajstić information content (AvgIpc) is 2.38. The normalized spacial score (nSPS) is 16.2. The Hall–Kier alpha value is -0.830. The minimum absolute atomic E-state index is 0.805. The summed E-state index contributed by atoms with van der Waals surface area (Å²) >= 11 is 2.04. The molecule has 3 heteroatoms. The van der Waals surface area contributed by atoms with Crippen LogP contribution in [0.15, 0.2) is 24.3 Å². The first-order valence-electron chi connectivity index (χ1n) is 5.95. The van der Waals surface area contributed by atoms with Gasteiger partial charge in [-0.3, -0.25) is 0 Å². The first kappa shape index (κ1) is 11.6. The van der Waals surface area contributed by atoms with Crippen LogP contribution in [0.3, 0.4) is 0 Å². The monoisotopic (exact) mass is 237 g/mol. The number of ether oxygens (including phenoxy) is 1. The molecule has 0 aromatic heterocycles. The Morgan fingerprint density at radius 3 is 2.50 bits per heavy atom. The highest BCUT2D eigenvalue weighted by Crippen LogP contribution is 2.22. The van der Waals surface area contributed by atoms with E-state index in [9.17, 15) is 0 Å². The van der Waals surface area contributed by atoms with Crippen LogP contribution in [0.5, 0.6) is 5.75 Å². The quantitative estimate of drug-likeness (QED) is 0.798. The van der Waals surface area contributed by atoms with Crippen molar-refractivity contribution in [1.82, 2.24) is 0 Å². The first-order chi connectivity index (χ1) is 7.90. The predicted octanol–water partition coefficient (Wildman–Crippen LogP) is 3.03. The highest BCUT2D eigenvalue weighted by molar-refractivity contribution is 7.99. The van der Waals surface area contributed by atoms with Gasteiger partial charge in [-0.25, -0.2) is 0 Å². The fraction of sp³-hybridized carbons (Fsp3) is 0.538. The van der Waals surface area contributed by atoms with E-state index in [4.69, 9.17) is 4.74 Å². The molecule has 1 aliphatic heterocycles. The third-order valence-electron chi connectivity index (χ3n) is 2.69. The Morgan fingerprint density at radius 2 is 1.88 bits per heavy atom. The lowest BCUT2D eigenvalue weighted by molar-refractivity contribution is 0.317. The number of benzene rings is 1. The van der Waals surface area contributed by atoms with E-state index in [-0.39, 0.29) is 0 Å². The van der Waals surface area contributed by atoms with Crippen molar-refractivity contribution in [2.45, 2.75) is 13.3 Å². The predicted molar refractivity (Wildman–Crippen MR) is 71.8 cm³/mol. The van der Waals surface area contributed by atoms with E-state index in [1.165, 1.54) is 30.3 Å². The fourth-order valence-corrected chi connectivity index (χ4v) is 2.70. The highest BCUT2D eigenvalue weighted by atomic mass is 32.2. The molecule has 16 heavy (non-hydrogen) atoms. The maximum Gasteiger partial charge on any atom is 0.119 e. The van der Waals surface area contributed by atoms with Crippen LogP contribution in [0.25, 0.3) is 0 Å². The molecule has 1 aliphatic rings. The summed E-state index contributed by atoms with van der Waals surface area (Å²) in [6.45, 7) is 5.26. The van der Waals surface area contributed by atoms with Crippen molar-refractivity contribution in [2.75, 3.05) is 36.1 Å². The van der Waals surface area contributed by atoms with E-state index >= 15 is 0 Å². The Labute approximate surface area is 102 Å². The molecule has 88 valence electrons. The molecule has 0 spiro atoms. The smallest absolute Gasteiger partial charge is 0.119 e. The number of hydrogen-bond acceptors (Lipinski definition) is 3. The van der Waals surface area contributed by atoms with Crippen molar-refractivity contribution in [3.63, 3.8) is 0 Å².